The Morgan fingerprint density at radius 3 is 2.21 bits per heavy atom. The molecule has 3 aliphatic heterocycles. The van der Waals surface area contributed by atoms with Crippen molar-refractivity contribution < 1.29 is 77.3 Å². The SMILES string of the molecule is CO[C@H]1C[C@@H]2CC[C@@H](C)[C@@](O)(O2)C(=O)C(=O)N2CCCC[C@H]2C(=O)O[C@H]([C@H](C)C[C@@H]2CC[C@@H](OC(C)=O)[C@H](OC)C2)CC(=O)[C@H](C)/C=C(\CO)[C@@H](OC(C)=O)[C@@H](CO)C(=O)[C@H](C)C[C@H](C)/C=C/C=CC=C1C. The van der Waals surface area contributed by atoms with E-state index in [4.69, 9.17) is 28.4 Å². The summed E-state index contributed by atoms with van der Waals surface area (Å²) in [6.07, 6.45) is 10.9. The summed E-state index contributed by atoms with van der Waals surface area (Å²) in [5, 5.41) is 33.4. The first-order valence-corrected chi connectivity index (χ1v) is 25.9. The number of rotatable bonds is 9. The lowest BCUT2D eigenvalue weighted by atomic mass is 9.78. The van der Waals surface area contributed by atoms with Crippen LogP contribution < -0.4 is 0 Å². The van der Waals surface area contributed by atoms with Gasteiger partial charge in [0, 0.05) is 65.2 Å². The molecule has 72 heavy (non-hydrogen) atoms. The molecule has 0 spiro atoms. The van der Waals surface area contributed by atoms with E-state index in [0.29, 0.717) is 57.8 Å². The molecule has 3 N–H and O–H groups in total. The van der Waals surface area contributed by atoms with Gasteiger partial charge in [-0.25, -0.2) is 4.79 Å². The number of hydrogen-bond acceptors (Lipinski definition) is 16. The number of methoxy groups -OCH3 is 2. The maximum atomic E-state index is 14.5. The fourth-order valence-electron chi connectivity index (χ4n) is 10.9. The van der Waals surface area contributed by atoms with E-state index in [9.17, 15) is 48.9 Å². The van der Waals surface area contributed by atoms with E-state index in [0.717, 1.165) is 17.4 Å². The molecule has 17 heteroatoms. The first-order chi connectivity index (χ1) is 34.1. The van der Waals surface area contributed by atoms with Gasteiger partial charge < -0.3 is 48.6 Å². The molecule has 1 saturated carbocycles. The predicted octanol–water partition coefficient (Wildman–Crippen LogP) is 5.89. The third-order valence-corrected chi connectivity index (χ3v) is 15.2. The molecule has 2 saturated heterocycles. The lowest BCUT2D eigenvalue weighted by molar-refractivity contribution is -0.265. The summed E-state index contributed by atoms with van der Waals surface area (Å²) in [4.78, 5) is 97.2. The maximum Gasteiger partial charge on any atom is 0.329 e. The van der Waals surface area contributed by atoms with Crippen molar-refractivity contribution in [1.29, 1.82) is 0 Å². The number of ketones is 3. The Labute approximate surface area is 426 Å². The summed E-state index contributed by atoms with van der Waals surface area (Å²) >= 11 is 0. The van der Waals surface area contributed by atoms with Crippen molar-refractivity contribution in [3.63, 3.8) is 0 Å². The number of nitrogens with zero attached hydrogens (tertiary/aromatic N) is 1. The topological polar surface area (TPSA) is 239 Å². The summed E-state index contributed by atoms with van der Waals surface area (Å²) < 4.78 is 35.2. The van der Waals surface area contributed by atoms with Crippen molar-refractivity contribution in [2.45, 2.75) is 181 Å². The van der Waals surface area contributed by atoms with Gasteiger partial charge in [0.15, 0.2) is 0 Å². The number of ether oxygens (including phenoxy) is 6. The third kappa shape index (κ3) is 16.3. The van der Waals surface area contributed by atoms with Crippen molar-refractivity contribution in [2.75, 3.05) is 34.0 Å². The molecule has 0 aromatic heterocycles. The van der Waals surface area contributed by atoms with Gasteiger partial charge in [0.2, 0.25) is 5.79 Å². The van der Waals surface area contributed by atoms with Gasteiger partial charge in [-0.2, -0.15) is 0 Å². The summed E-state index contributed by atoms with van der Waals surface area (Å²) in [5.74, 6) is -11.7. The molecule has 3 fully saturated rings. The van der Waals surface area contributed by atoms with E-state index in [-0.39, 0.29) is 49.3 Å². The fourth-order valence-corrected chi connectivity index (χ4v) is 10.9. The van der Waals surface area contributed by atoms with E-state index < -0.39 is 126 Å². The lowest BCUT2D eigenvalue weighted by Crippen LogP contribution is -2.61. The molecule has 0 aromatic rings. The molecule has 0 aromatic carbocycles. The Kier molecular flexibility index (Phi) is 23.7. The zero-order valence-electron chi connectivity index (χ0n) is 44.2. The van der Waals surface area contributed by atoms with Crippen LogP contribution in [-0.4, -0.2) is 144 Å². The highest BCUT2D eigenvalue weighted by Crippen LogP contribution is 2.38. The van der Waals surface area contributed by atoms with E-state index in [1.54, 1.807) is 35.0 Å². The molecular formula is C55H83NO16. The van der Waals surface area contributed by atoms with Crippen LogP contribution in [0, 0.1) is 41.4 Å². The fraction of sp³-hybridized carbons (Fsp3) is 0.727. The van der Waals surface area contributed by atoms with Crippen molar-refractivity contribution >= 4 is 41.2 Å². The highest BCUT2D eigenvalue weighted by Gasteiger charge is 2.53. The number of fused-ring (bicyclic) bond motifs is 3. The van der Waals surface area contributed by atoms with Gasteiger partial charge in [-0.05, 0) is 100 Å². The first kappa shape index (κ1) is 60.2. The van der Waals surface area contributed by atoms with Gasteiger partial charge in [0.1, 0.15) is 35.9 Å². The number of carbonyl (C=O) groups excluding carboxylic acids is 7. The molecule has 1 aliphatic carbocycles. The van der Waals surface area contributed by atoms with Gasteiger partial charge >= 0.3 is 17.9 Å². The Morgan fingerprint density at radius 1 is 0.861 bits per heavy atom. The van der Waals surface area contributed by atoms with Crippen LogP contribution in [-0.2, 0) is 62.0 Å². The van der Waals surface area contributed by atoms with Gasteiger partial charge in [-0.15, -0.1) is 0 Å². The maximum absolute atomic E-state index is 14.5. The summed E-state index contributed by atoms with van der Waals surface area (Å²) in [5.41, 5.74) is 0.873. The standard InChI is InChI=1S/C55H83NO16/c1-32-16-12-11-13-17-33(2)47(67-9)28-42-21-19-37(6)55(66,72-42)52(63)53(64)56-23-15-14-18-44(56)54(65)71-48(35(4)25-40-20-22-46(69-38(7)59)49(27-40)68-10)29-45(61)34(3)26-41(30-57)51(70-39(8)60)43(31-58)50(62)36(5)24-32/h11-13,16-17,26,32,34-37,40,42-44,46-49,51,57-58,66H,14-15,18-25,27-31H2,1-10H3/b13-11?,16-12+,33-17?,41-26+/t32-,34-,35-,36-,37-,40+,42+,43+,44+,46-,47+,48+,49-,51-,55-/m1/s1. The van der Waals surface area contributed by atoms with Gasteiger partial charge in [0.25, 0.3) is 11.7 Å². The number of aliphatic hydroxyl groups is 3. The zero-order valence-corrected chi connectivity index (χ0v) is 44.2. The van der Waals surface area contributed by atoms with Gasteiger partial charge in [-0.1, -0.05) is 71.1 Å². The minimum atomic E-state index is -2.48. The summed E-state index contributed by atoms with van der Waals surface area (Å²) in [6.45, 7) is 11.7. The lowest BCUT2D eigenvalue weighted by Gasteiger charge is -2.42. The highest BCUT2D eigenvalue weighted by atomic mass is 16.6. The molecular weight excluding hydrogens is 931 g/mol. The van der Waals surface area contributed by atoms with E-state index in [2.05, 4.69) is 0 Å². The van der Waals surface area contributed by atoms with Crippen LogP contribution in [0.15, 0.2) is 47.6 Å². The quantitative estimate of drug-likeness (QED) is 0.106. The second-order valence-corrected chi connectivity index (χ2v) is 20.9. The Bertz CT molecular complexity index is 2010. The van der Waals surface area contributed by atoms with Crippen LogP contribution >= 0.6 is 0 Å². The van der Waals surface area contributed by atoms with Crippen molar-refractivity contribution in [3.8, 4) is 0 Å². The number of hydrogen-bond donors (Lipinski definition) is 3. The first-order valence-electron chi connectivity index (χ1n) is 25.9. The second kappa shape index (κ2) is 28.3. The third-order valence-electron chi connectivity index (χ3n) is 15.2. The monoisotopic (exact) mass is 1010 g/mol. The predicted molar refractivity (Wildman–Crippen MR) is 265 cm³/mol. The zero-order chi connectivity index (χ0) is 53.4. The number of amides is 1. The Hall–Kier alpha value is -4.39. The molecule has 15 atom stereocenters. The van der Waals surface area contributed by atoms with Crippen LogP contribution in [0.1, 0.15) is 132 Å². The van der Waals surface area contributed by atoms with Gasteiger partial charge in [-0.3, -0.25) is 28.8 Å². The largest absolute Gasteiger partial charge is 0.460 e. The molecule has 4 rings (SSSR count). The number of allylic oxidation sites excluding steroid dienone is 6. The molecule has 17 nitrogen and oxygen atoms in total. The molecule has 4 aliphatic rings. The number of esters is 3. The second-order valence-electron chi connectivity index (χ2n) is 20.9. The van der Waals surface area contributed by atoms with E-state index >= 15 is 0 Å². The minimum Gasteiger partial charge on any atom is -0.460 e. The van der Waals surface area contributed by atoms with Gasteiger partial charge in [0.05, 0.1) is 37.4 Å². The number of carbonyl (C=O) groups is 7. The minimum absolute atomic E-state index is 0.0145. The molecule has 0 radical (unpaired) electrons. The Balaban J connectivity index is 1.77. The smallest absolute Gasteiger partial charge is 0.329 e. The number of aliphatic hydroxyl groups excluding tert-OH is 2. The molecule has 1 amide bonds. The van der Waals surface area contributed by atoms with E-state index in [1.165, 1.54) is 13.0 Å². The normalized spacial score (nSPS) is 36.3. The summed E-state index contributed by atoms with van der Waals surface area (Å²) in [6, 6.07) is -1.22. The molecule has 2 bridgehead atoms. The average molecular weight is 1010 g/mol. The number of cyclic esters (lactones) is 1. The summed E-state index contributed by atoms with van der Waals surface area (Å²) in [7, 11) is 3.10. The van der Waals surface area contributed by atoms with Crippen molar-refractivity contribution in [2.24, 2.45) is 41.4 Å². The van der Waals surface area contributed by atoms with Crippen LogP contribution in [0.3, 0.4) is 0 Å². The van der Waals surface area contributed by atoms with Crippen LogP contribution in [0.25, 0.3) is 0 Å². The molecule has 0 unspecified atom stereocenters. The van der Waals surface area contributed by atoms with Crippen LogP contribution in [0.5, 0.6) is 0 Å². The molecule has 3 heterocycles. The number of Topliss-reactive ketones (excluding diaryl/α,β-unsaturated/α-hetero) is 3. The number of piperidine rings is 1. The van der Waals surface area contributed by atoms with Crippen LogP contribution in [0.4, 0.5) is 0 Å². The van der Waals surface area contributed by atoms with E-state index in [1.807, 2.05) is 51.2 Å². The van der Waals surface area contributed by atoms with Crippen molar-refractivity contribution in [1.82, 2.24) is 4.90 Å². The highest BCUT2D eigenvalue weighted by molar-refractivity contribution is 6.39. The molecule has 404 valence electrons. The van der Waals surface area contributed by atoms with Crippen LogP contribution in [0.2, 0.25) is 0 Å². The van der Waals surface area contributed by atoms with Crippen molar-refractivity contribution in [3.05, 3.63) is 47.6 Å². The Morgan fingerprint density at radius 2 is 1.57 bits per heavy atom. The average Bonchev–Trinajstić information content (AvgIpc) is 3.34.